The van der Waals surface area contributed by atoms with Crippen LogP contribution in [0.2, 0.25) is 0 Å². The Morgan fingerprint density at radius 2 is 1.89 bits per heavy atom. The molecule has 19 heavy (non-hydrogen) atoms. The number of nitrogens with one attached hydrogen (secondary N) is 1. The molecule has 0 bridgehead atoms. The molecule has 1 N–H and O–H groups in total. The number of hydrogen-bond donors (Lipinski definition) is 1. The second-order valence-electron chi connectivity index (χ2n) is 4.63. The summed E-state index contributed by atoms with van der Waals surface area (Å²) in [5.74, 6) is -8.79. The van der Waals surface area contributed by atoms with E-state index in [1.54, 1.807) is 0 Å². The Morgan fingerprint density at radius 1 is 1.26 bits per heavy atom. The standard InChI is InChI=1S/C10H11F5N2O2/c11-9(12,10(13,14)15)8(19)17-3-1-2-5-6(17)4-16-7(5)18/h5-6H,1-4H2,(H,16,18). The monoisotopic (exact) mass is 286 g/mol. The molecular weight excluding hydrogens is 275 g/mol. The van der Waals surface area contributed by atoms with E-state index in [1.165, 1.54) is 0 Å². The molecule has 2 unspecified atom stereocenters. The minimum absolute atomic E-state index is 0.0802. The Morgan fingerprint density at radius 3 is 2.47 bits per heavy atom. The third-order valence-corrected chi connectivity index (χ3v) is 3.49. The molecule has 2 rings (SSSR count). The molecule has 9 heteroatoms. The van der Waals surface area contributed by atoms with Crippen molar-refractivity contribution in [3.05, 3.63) is 0 Å². The lowest BCUT2D eigenvalue weighted by molar-refractivity contribution is -0.275. The van der Waals surface area contributed by atoms with Crippen LogP contribution in [0.4, 0.5) is 22.0 Å². The summed E-state index contributed by atoms with van der Waals surface area (Å²) in [5.41, 5.74) is 0. The third kappa shape index (κ3) is 2.14. The normalized spacial score (nSPS) is 28.1. The molecule has 2 fully saturated rings. The molecule has 0 aromatic heterocycles. The highest BCUT2D eigenvalue weighted by Gasteiger charge is 2.65. The molecule has 0 saturated carbocycles. The van der Waals surface area contributed by atoms with Gasteiger partial charge < -0.3 is 10.2 Å². The van der Waals surface area contributed by atoms with Crippen LogP contribution in [0.15, 0.2) is 0 Å². The first kappa shape index (κ1) is 14.0. The Bertz CT molecular complexity index is 409. The number of hydrogen-bond acceptors (Lipinski definition) is 2. The number of halogens is 5. The SMILES string of the molecule is O=C1NCC2C1CCCN2C(=O)C(F)(F)C(F)(F)F. The van der Waals surface area contributed by atoms with E-state index in [0.29, 0.717) is 11.3 Å². The molecule has 0 spiro atoms. The molecule has 108 valence electrons. The first-order valence-electron chi connectivity index (χ1n) is 5.69. The molecule has 0 aliphatic carbocycles. The first-order chi connectivity index (χ1) is 8.66. The van der Waals surface area contributed by atoms with Gasteiger partial charge in [0.1, 0.15) is 0 Å². The summed E-state index contributed by atoms with van der Waals surface area (Å²) in [5, 5.41) is 2.38. The van der Waals surface area contributed by atoms with Gasteiger partial charge in [0.15, 0.2) is 0 Å². The molecule has 2 aliphatic heterocycles. The Kier molecular flexibility index (Phi) is 3.18. The van der Waals surface area contributed by atoms with Crippen LogP contribution < -0.4 is 5.32 Å². The van der Waals surface area contributed by atoms with Crippen molar-refractivity contribution in [1.29, 1.82) is 0 Å². The summed E-state index contributed by atoms with van der Waals surface area (Å²) < 4.78 is 62.6. The Hall–Kier alpha value is -1.41. The first-order valence-corrected chi connectivity index (χ1v) is 5.69. The molecule has 2 heterocycles. The van der Waals surface area contributed by atoms with Gasteiger partial charge in [-0.2, -0.15) is 22.0 Å². The van der Waals surface area contributed by atoms with Crippen LogP contribution in [0, 0.1) is 5.92 Å². The summed E-state index contributed by atoms with van der Waals surface area (Å²) in [6, 6.07) is -0.915. The molecule has 2 atom stereocenters. The van der Waals surface area contributed by atoms with Crippen LogP contribution >= 0.6 is 0 Å². The maximum Gasteiger partial charge on any atom is 0.463 e. The van der Waals surface area contributed by atoms with E-state index in [-0.39, 0.29) is 19.5 Å². The number of amides is 2. The quantitative estimate of drug-likeness (QED) is 0.729. The summed E-state index contributed by atoms with van der Waals surface area (Å²) in [6.07, 6.45) is -5.31. The van der Waals surface area contributed by atoms with Gasteiger partial charge in [0.25, 0.3) is 0 Å². The molecule has 4 nitrogen and oxygen atoms in total. The average Bonchev–Trinajstić information content (AvgIpc) is 2.69. The lowest BCUT2D eigenvalue weighted by Crippen LogP contribution is -2.58. The number of carbonyl (C=O) groups excluding carboxylic acids is 2. The zero-order valence-corrected chi connectivity index (χ0v) is 9.64. The van der Waals surface area contributed by atoms with Gasteiger partial charge in [-0.1, -0.05) is 0 Å². The highest BCUT2D eigenvalue weighted by molar-refractivity contribution is 5.88. The molecule has 0 radical (unpaired) electrons. The van der Waals surface area contributed by atoms with Crippen molar-refractivity contribution in [3.63, 3.8) is 0 Å². The molecule has 2 saturated heterocycles. The summed E-state index contributed by atoms with van der Waals surface area (Å²) in [6.45, 7) is -0.274. The highest BCUT2D eigenvalue weighted by atomic mass is 19.4. The molecular formula is C10H11F5N2O2. The lowest BCUT2D eigenvalue weighted by atomic mass is 9.91. The summed E-state index contributed by atoms with van der Waals surface area (Å²) >= 11 is 0. The van der Waals surface area contributed by atoms with Crippen LogP contribution in [0.25, 0.3) is 0 Å². The van der Waals surface area contributed by atoms with Crippen LogP contribution in [-0.2, 0) is 9.59 Å². The van der Waals surface area contributed by atoms with Gasteiger partial charge in [0.05, 0.1) is 12.0 Å². The van der Waals surface area contributed by atoms with Gasteiger partial charge in [-0.05, 0) is 12.8 Å². The highest BCUT2D eigenvalue weighted by Crippen LogP contribution is 2.39. The minimum atomic E-state index is -5.92. The van der Waals surface area contributed by atoms with E-state index < -0.39 is 35.9 Å². The zero-order chi connectivity index (χ0) is 14.4. The van der Waals surface area contributed by atoms with Crippen LogP contribution in [-0.4, -0.2) is 47.9 Å². The van der Waals surface area contributed by atoms with E-state index in [9.17, 15) is 31.5 Å². The number of piperidine rings is 1. The van der Waals surface area contributed by atoms with E-state index in [2.05, 4.69) is 5.32 Å². The van der Waals surface area contributed by atoms with Gasteiger partial charge in [-0.3, -0.25) is 9.59 Å². The van der Waals surface area contributed by atoms with E-state index in [4.69, 9.17) is 0 Å². The predicted molar refractivity (Wildman–Crippen MR) is 52.2 cm³/mol. The van der Waals surface area contributed by atoms with Crippen LogP contribution in [0.1, 0.15) is 12.8 Å². The number of rotatable bonds is 1. The van der Waals surface area contributed by atoms with Gasteiger partial charge in [-0.25, -0.2) is 0 Å². The zero-order valence-electron chi connectivity index (χ0n) is 9.64. The minimum Gasteiger partial charge on any atom is -0.354 e. The molecule has 0 aromatic rings. The van der Waals surface area contributed by atoms with Crippen molar-refractivity contribution in [1.82, 2.24) is 10.2 Å². The second-order valence-corrected chi connectivity index (χ2v) is 4.63. The number of fused-ring (bicyclic) bond motifs is 1. The van der Waals surface area contributed by atoms with E-state index in [1.807, 2.05) is 0 Å². The van der Waals surface area contributed by atoms with E-state index >= 15 is 0 Å². The average molecular weight is 286 g/mol. The van der Waals surface area contributed by atoms with Crippen molar-refractivity contribution in [2.75, 3.05) is 13.1 Å². The Labute approximate surface area is 104 Å². The van der Waals surface area contributed by atoms with Crippen molar-refractivity contribution in [2.45, 2.75) is 31.0 Å². The predicted octanol–water partition coefficient (Wildman–Crippen LogP) is 0.921. The van der Waals surface area contributed by atoms with Crippen LogP contribution in [0.5, 0.6) is 0 Å². The van der Waals surface area contributed by atoms with Crippen molar-refractivity contribution in [3.8, 4) is 0 Å². The maximum atomic E-state index is 13.0. The number of likely N-dealkylation sites (tertiary alicyclic amines) is 1. The molecule has 2 aliphatic rings. The fourth-order valence-corrected chi connectivity index (χ4v) is 2.51. The lowest BCUT2D eigenvalue weighted by Gasteiger charge is -2.37. The van der Waals surface area contributed by atoms with E-state index in [0.717, 1.165) is 0 Å². The number of nitrogens with zero attached hydrogens (tertiary/aromatic N) is 1. The van der Waals surface area contributed by atoms with Gasteiger partial charge in [0, 0.05) is 13.1 Å². The Balaban J connectivity index is 2.22. The van der Waals surface area contributed by atoms with Gasteiger partial charge >= 0.3 is 18.0 Å². The summed E-state index contributed by atoms with van der Waals surface area (Å²) in [7, 11) is 0. The second kappa shape index (κ2) is 4.31. The van der Waals surface area contributed by atoms with Gasteiger partial charge in [0.2, 0.25) is 5.91 Å². The third-order valence-electron chi connectivity index (χ3n) is 3.49. The molecule has 2 amide bonds. The smallest absolute Gasteiger partial charge is 0.354 e. The fourth-order valence-electron chi connectivity index (χ4n) is 2.51. The number of carbonyl (C=O) groups is 2. The molecule has 0 aromatic carbocycles. The van der Waals surface area contributed by atoms with Crippen molar-refractivity contribution < 1.29 is 31.5 Å². The largest absolute Gasteiger partial charge is 0.463 e. The fraction of sp³-hybridized carbons (Fsp3) is 0.800. The van der Waals surface area contributed by atoms with Crippen molar-refractivity contribution >= 4 is 11.8 Å². The maximum absolute atomic E-state index is 13.0. The topological polar surface area (TPSA) is 49.4 Å². The van der Waals surface area contributed by atoms with Crippen molar-refractivity contribution in [2.24, 2.45) is 5.92 Å². The van der Waals surface area contributed by atoms with Crippen LogP contribution in [0.3, 0.4) is 0 Å². The summed E-state index contributed by atoms with van der Waals surface area (Å²) in [4.78, 5) is 23.3. The van der Waals surface area contributed by atoms with Gasteiger partial charge in [-0.15, -0.1) is 0 Å². The number of alkyl halides is 5.